The smallest absolute Gasteiger partial charge is 0.252 e. The van der Waals surface area contributed by atoms with Crippen LogP contribution in [0.4, 0.5) is 5.69 Å². The predicted octanol–water partition coefficient (Wildman–Crippen LogP) is 3.18. The van der Waals surface area contributed by atoms with Gasteiger partial charge in [0.1, 0.15) is 35.2 Å². The second kappa shape index (κ2) is 8.78. The minimum absolute atomic E-state index is 0.0854. The van der Waals surface area contributed by atoms with Crippen LogP contribution in [0.3, 0.4) is 0 Å². The molecule has 4 rings (SSSR count). The summed E-state index contributed by atoms with van der Waals surface area (Å²) in [4.78, 5) is 19.2. The monoisotopic (exact) mass is 418 g/mol. The fourth-order valence-electron chi connectivity index (χ4n) is 4.09. The lowest BCUT2D eigenvalue weighted by atomic mass is 10.0. The molecule has 1 aliphatic rings. The minimum atomic E-state index is -0.156. The SMILES string of the molecule is CCO[C@H]1CN(c2cc(=O)n(C)c3ccc(C#N)nc23)CC[C@@H]1Oc1ccccc1C. The van der Waals surface area contributed by atoms with Gasteiger partial charge in [-0.25, -0.2) is 4.98 Å². The van der Waals surface area contributed by atoms with Crippen LogP contribution in [-0.4, -0.2) is 41.5 Å². The highest BCUT2D eigenvalue weighted by atomic mass is 16.5. The molecule has 1 fully saturated rings. The first-order valence-corrected chi connectivity index (χ1v) is 10.5. The summed E-state index contributed by atoms with van der Waals surface area (Å²) in [7, 11) is 1.72. The fourth-order valence-corrected chi connectivity index (χ4v) is 4.09. The Hall–Kier alpha value is -3.37. The van der Waals surface area contributed by atoms with E-state index in [9.17, 15) is 10.1 Å². The van der Waals surface area contributed by atoms with Crippen molar-refractivity contribution in [2.45, 2.75) is 32.5 Å². The van der Waals surface area contributed by atoms with Gasteiger partial charge in [0.2, 0.25) is 0 Å². The van der Waals surface area contributed by atoms with Crippen molar-refractivity contribution < 1.29 is 9.47 Å². The summed E-state index contributed by atoms with van der Waals surface area (Å²) in [5.74, 6) is 0.866. The molecule has 1 aliphatic heterocycles. The molecule has 0 unspecified atom stereocenters. The first-order chi connectivity index (χ1) is 15.0. The average Bonchev–Trinajstić information content (AvgIpc) is 2.78. The largest absolute Gasteiger partial charge is 0.487 e. The number of aryl methyl sites for hydroxylation is 2. The van der Waals surface area contributed by atoms with E-state index in [-0.39, 0.29) is 17.8 Å². The van der Waals surface area contributed by atoms with Crippen LogP contribution in [0.15, 0.2) is 47.3 Å². The molecule has 0 radical (unpaired) electrons. The van der Waals surface area contributed by atoms with Crippen molar-refractivity contribution in [1.82, 2.24) is 9.55 Å². The second-order valence-corrected chi connectivity index (χ2v) is 7.75. The lowest BCUT2D eigenvalue weighted by Crippen LogP contribution is -2.50. The number of rotatable bonds is 5. The summed E-state index contributed by atoms with van der Waals surface area (Å²) in [6, 6.07) is 15.1. The van der Waals surface area contributed by atoms with E-state index in [1.807, 2.05) is 38.1 Å². The Morgan fingerprint density at radius 2 is 2.03 bits per heavy atom. The van der Waals surface area contributed by atoms with Crippen molar-refractivity contribution in [1.29, 1.82) is 5.26 Å². The average molecular weight is 418 g/mol. The maximum atomic E-state index is 12.6. The highest BCUT2D eigenvalue weighted by molar-refractivity contribution is 5.88. The number of benzene rings is 1. The fraction of sp³-hybridized carbons (Fsp3) is 0.375. The van der Waals surface area contributed by atoms with Crippen molar-refractivity contribution in [2.75, 3.05) is 24.6 Å². The molecule has 0 saturated carbocycles. The number of nitriles is 1. The highest BCUT2D eigenvalue weighted by Gasteiger charge is 2.33. The van der Waals surface area contributed by atoms with E-state index in [0.717, 1.165) is 23.4 Å². The van der Waals surface area contributed by atoms with E-state index in [1.54, 1.807) is 29.8 Å². The van der Waals surface area contributed by atoms with Gasteiger partial charge in [-0.2, -0.15) is 5.26 Å². The van der Waals surface area contributed by atoms with Crippen LogP contribution in [0.2, 0.25) is 0 Å². The van der Waals surface area contributed by atoms with Crippen LogP contribution >= 0.6 is 0 Å². The van der Waals surface area contributed by atoms with Gasteiger partial charge in [-0.1, -0.05) is 18.2 Å². The molecule has 0 spiro atoms. The van der Waals surface area contributed by atoms with Crippen molar-refractivity contribution >= 4 is 16.7 Å². The summed E-state index contributed by atoms with van der Waals surface area (Å²) >= 11 is 0. The standard InChI is InChI=1S/C24H26N4O3/c1-4-30-22-15-28(12-11-21(22)31-20-8-6-5-7-16(20)2)19-13-23(29)27(3)18-10-9-17(14-25)26-24(18)19/h5-10,13,21-22H,4,11-12,15H2,1-3H3/t21-,22-/m0/s1. The molecular formula is C24H26N4O3. The first-order valence-electron chi connectivity index (χ1n) is 10.5. The summed E-state index contributed by atoms with van der Waals surface area (Å²) in [6.07, 6.45) is 0.502. The predicted molar refractivity (Wildman–Crippen MR) is 120 cm³/mol. The molecular weight excluding hydrogens is 392 g/mol. The summed E-state index contributed by atoms with van der Waals surface area (Å²) in [5, 5.41) is 9.30. The summed E-state index contributed by atoms with van der Waals surface area (Å²) < 4.78 is 13.9. The normalized spacial score (nSPS) is 18.7. The Morgan fingerprint density at radius 3 is 2.77 bits per heavy atom. The molecule has 160 valence electrons. The van der Waals surface area contributed by atoms with E-state index in [2.05, 4.69) is 16.0 Å². The van der Waals surface area contributed by atoms with Gasteiger partial charge in [-0.05, 0) is 37.6 Å². The zero-order valence-electron chi connectivity index (χ0n) is 18.0. The maximum Gasteiger partial charge on any atom is 0.252 e. The Kier molecular flexibility index (Phi) is 5.92. The quantitative estimate of drug-likeness (QED) is 0.633. The Morgan fingerprint density at radius 1 is 1.23 bits per heavy atom. The van der Waals surface area contributed by atoms with E-state index >= 15 is 0 Å². The Labute approximate surface area is 181 Å². The lowest BCUT2D eigenvalue weighted by Gasteiger charge is -2.39. The first kappa shape index (κ1) is 20.9. The van der Waals surface area contributed by atoms with Crippen LogP contribution in [0, 0.1) is 18.3 Å². The van der Waals surface area contributed by atoms with E-state index in [1.165, 1.54) is 0 Å². The van der Waals surface area contributed by atoms with Crippen LogP contribution in [0.5, 0.6) is 5.75 Å². The van der Waals surface area contributed by atoms with Gasteiger partial charge >= 0.3 is 0 Å². The summed E-state index contributed by atoms with van der Waals surface area (Å²) in [5.41, 5.74) is 3.38. The third kappa shape index (κ3) is 4.12. The van der Waals surface area contributed by atoms with Gasteiger partial charge in [0.05, 0.1) is 11.2 Å². The number of para-hydroxylation sites is 1. The molecule has 0 aliphatic carbocycles. The molecule has 7 nitrogen and oxygen atoms in total. The molecule has 3 aromatic rings. The molecule has 7 heteroatoms. The van der Waals surface area contributed by atoms with Crippen molar-refractivity contribution in [3.8, 4) is 11.8 Å². The molecule has 2 atom stereocenters. The molecule has 3 heterocycles. The molecule has 0 bridgehead atoms. The third-order valence-electron chi connectivity index (χ3n) is 5.78. The van der Waals surface area contributed by atoms with E-state index in [4.69, 9.17) is 9.47 Å². The Bertz CT molecular complexity index is 1200. The molecule has 0 N–H and O–H groups in total. The Balaban J connectivity index is 1.67. The molecule has 31 heavy (non-hydrogen) atoms. The third-order valence-corrected chi connectivity index (χ3v) is 5.78. The zero-order chi connectivity index (χ0) is 22.0. The molecule has 2 aromatic heterocycles. The number of pyridine rings is 2. The number of piperidine rings is 1. The summed E-state index contributed by atoms with van der Waals surface area (Å²) in [6.45, 7) is 5.84. The zero-order valence-corrected chi connectivity index (χ0v) is 18.0. The molecule has 1 aromatic carbocycles. The van der Waals surface area contributed by atoms with Gasteiger partial charge in [0.25, 0.3) is 5.56 Å². The van der Waals surface area contributed by atoms with Crippen LogP contribution in [-0.2, 0) is 11.8 Å². The number of nitrogens with zero attached hydrogens (tertiary/aromatic N) is 4. The van der Waals surface area contributed by atoms with Gasteiger partial charge in [-0.3, -0.25) is 4.79 Å². The topological polar surface area (TPSA) is 80.4 Å². The van der Waals surface area contributed by atoms with Gasteiger partial charge in [0.15, 0.2) is 0 Å². The van der Waals surface area contributed by atoms with Gasteiger partial charge in [0, 0.05) is 39.2 Å². The number of hydrogen-bond donors (Lipinski definition) is 0. The van der Waals surface area contributed by atoms with Crippen molar-refractivity contribution in [3.05, 3.63) is 64.1 Å². The number of anilines is 1. The van der Waals surface area contributed by atoms with Crippen molar-refractivity contribution in [3.63, 3.8) is 0 Å². The number of aromatic nitrogens is 2. The number of ether oxygens (including phenoxy) is 2. The molecule has 1 saturated heterocycles. The second-order valence-electron chi connectivity index (χ2n) is 7.75. The maximum absolute atomic E-state index is 12.6. The van der Waals surface area contributed by atoms with E-state index in [0.29, 0.717) is 36.4 Å². The highest BCUT2D eigenvalue weighted by Crippen LogP contribution is 2.29. The number of fused-ring (bicyclic) bond motifs is 1. The van der Waals surface area contributed by atoms with Crippen molar-refractivity contribution in [2.24, 2.45) is 7.05 Å². The lowest BCUT2D eigenvalue weighted by molar-refractivity contribution is -0.0282. The van der Waals surface area contributed by atoms with Crippen LogP contribution in [0.25, 0.3) is 11.0 Å². The van der Waals surface area contributed by atoms with Crippen LogP contribution < -0.4 is 15.2 Å². The van der Waals surface area contributed by atoms with Crippen LogP contribution in [0.1, 0.15) is 24.6 Å². The van der Waals surface area contributed by atoms with E-state index < -0.39 is 0 Å². The number of hydrogen-bond acceptors (Lipinski definition) is 6. The van der Waals surface area contributed by atoms with Gasteiger partial charge < -0.3 is 18.9 Å². The minimum Gasteiger partial charge on any atom is -0.487 e. The molecule has 0 amide bonds. The van der Waals surface area contributed by atoms with Gasteiger partial charge in [-0.15, -0.1) is 0 Å².